The topological polar surface area (TPSA) is 71.5 Å². The molecule has 20 heavy (non-hydrogen) atoms. The molecule has 5 heteroatoms. The maximum Gasteiger partial charge on any atom is 0.253 e. The largest absolute Gasteiger partial charge is 0.481 e. The van der Waals surface area contributed by atoms with Gasteiger partial charge in [-0.15, -0.1) is 0 Å². The summed E-state index contributed by atoms with van der Waals surface area (Å²) in [5, 5.41) is 12.2. The van der Waals surface area contributed by atoms with Gasteiger partial charge in [0.05, 0.1) is 25.3 Å². The van der Waals surface area contributed by atoms with Crippen LogP contribution in [0.4, 0.5) is 0 Å². The van der Waals surface area contributed by atoms with E-state index in [0.29, 0.717) is 11.4 Å². The Bertz CT molecular complexity index is 555. The number of aliphatic hydroxyl groups is 1. The molecule has 5 nitrogen and oxygen atoms in total. The molecule has 1 heterocycles. The summed E-state index contributed by atoms with van der Waals surface area (Å²) in [6.07, 6.45) is 1.44. The SMILES string of the molecule is COc1ccc(C(=O)N[C@@H](CO)c2ccccc2)cn1. The number of rotatable bonds is 5. The van der Waals surface area contributed by atoms with E-state index in [0.717, 1.165) is 5.56 Å². The van der Waals surface area contributed by atoms with Crippen molar-refractivity contribution in [1.29, 1.82) is 0 Å². The Morgan fingerprint density at radius 2 is 2.05 bits per heavy atom. The van der Waals surface area contributed by atoms with Crippen molar-refractivity contribution >= 4 is 5.91 Å². The van der Waals surface area contributed by atoms with Gasteiger partial charge in [0.1, 0.15) is 0 Å². The summed E-state index contributed by atoms with van der Waals surface area (Å²) in [6, 6.07) is 12.1. The predicted octanol–water partition coefficient (Wildman–Crippen LogP) is 1.55. The second kappa shape index (κ2) is 6.68. The third-order valence-corrected chi connectivity index (χ3v) is 2.90. The molecule has 2 aromatic rings. The molecule has 2 N–H and O–H groups in total. The van der Waals surface area contributed by atoms with E-state index in [1.165, 1.54) is 13.3 Å². The Kier molecular flexibility index (Phi) is 4.68. The van der Waals surface area contributed by atoms with Gasteiger partial charge in [-0.2, -0.15) is 0 Å². The molecule has 1 aromatic carbocycles. The Labute approximate surface area is 117 Å². The lowest BCUT2D eigenvalue weighted by molar-refractivity contribution is 0.0915. The number of methoxy groups -OCH3 is 1. The molecule has 1 aromatic heterocycles. The second-order valence-corrected chi connectivity index (χ2v) is 4.21. The van der Waals surface area contributed by atoms with Crippen LogP contribution in [0.25, 0.3) is 0 Å². The summed E-state index contributed by atoms with van der Waals surface area (Å²) in [7, 11) is 1.51. The molecule has 0 aliphatic carbocycles. The van der Waals surface area contributed by atoms with Gasteiger partial charge in [-0.05, 0) is 11.6 Å². The van der Waals surface area contributed by atoms with E-state index < -0.39 is 6.04 Å². The molecule has 104 valence electrons. The monoisotopic (exact) mass is 272 g/mol. The molecular weight excluding hydrogens is 256 g/mol. The molecule has 0 saturated carbocycles. The highest BCUT2D eigenvalue weighted by molar-refractivity contribution is 5.94. The van der Waals surface area contributed by atoms with Crippen LogP contribution in [-0.2, 0) is 0 Å². The Morgan fingerprint density at radius 1 is 1.30 bits per heavy atom. The fourth-order valence-corrected chi connectivity index (χ4v) is 1.80. The lowest BCUT2D eigenvalue weighted by Crippen LogP contribution is -2.30. The van der Waals surface area contributed by atoms with Gasteiger partial charge < -0.3 is 15.2 Å². The van der Waals surface area contributed by atoms with Crippen molar-refractivity contribution in [1.82, 2.24) is 10.3 Å². The third kappa shape index (κ3) is 3.33. The molecule has 0 unspecified atom stereocenters. The molecule has 1 atom stereocenters. The van der Waals surface area contributed by atoms with Crippen LogP contribution < -0.4 is 10.1 Å². The van der Waals surface area contributed by atoms with Gasteiger partial charge in [0.15, 0.2) is 0 Å². The summed E-state index contributed by atoms with van der Waals surface area (Å²) in [4.78, 5) is 16.1. The number of carbonyl (C=O) groups excluding carboxylic acids is 1. The van der Waals surface area contributed by atoms with Crippen LogP contribution in [0.2, 0.25) is 0 Å². The Balaban J connectivity index is 2.09. The summed E-state index contributed by atoms with van der Waals surface area (Å²) in [5.41, 5.74) is 1.27. The van der Waals surface area contributed by atoms with Crippen molar-refractivity contribution in [2.75, 3.05) is 13.7 Å². The van der Waals surface area contributed by atoms with Gasteiger partial charge in [-0.3, -0.25) is 4.79 Å². The molecule has 0 fully saturated rings. The number of carbonyl (C=O) groups is 1. The van der Waals surface area contributed by atoms with Crippen LogP contribution >= 0.6 is 0 Å². The zero-order valence-corrected chi connectivity index (χ0v) is 11.1. The fraction of sp³-hybridized carbons (Fsp3) is 0.200. The van der Waals surface area contributed by atoms with Gasteiger partial charge in [-0.1, -0.05) is 30.3 Å². The van der Waals surface area contributed by atoms with Crippen LogP contribution in [0.1, 0.15) is 22.0 Å². The van der Waals surface area contributed by atoms with Crippen LogP contribution in [0.5, 0.6) is 5.88 Å². The van der Waals surface area contributed by atoms with Crippen LogP contribution in [0.3, 0.4) is 0 Å². The molecule has 2 rings (SSSR count). The maximum atomic E-state index is 12.1. The van der Waals surface area contributed by atoms with E-state index in [9.17, 15) is 9.90 Å². The number of amides is 1. The summed E-state index contributed by atoms with van der Waals surface area (Å²) in [6.45, 7) is -0.167. The van der Waals surface area contributed by atoms with E-state index in [1.54, 1.807) is 12.1 Å². The van der Waals surface area contributed by atoms with Crippen molar-refractivity contribution < 1.29 is 14.6 Å². The third-order valence-electron chi connectivity index (χ3n) is 2.90. The van der Waals surface area contributed by atoms with Crippen LogP contribution in [0.15, 0.2) is 48.7 Å². The first kappa shape index (κ1) is 14.0. The van der Waals surface area contributed by atoms with Crippen molar-refractivity contribution in [2.24, 2.45) is 0 Å². The Hall–Kier alpha value is -2.40. The van der Waals surface area contributed by atoms with Crippen molar-refractivity contribution in [3.05, 3.63) is 59.8 Å². The number of nitrogens with one attached hydrogen (secondary N) is 1. The number of pyridine rings is 1. The maximum absolute atomic E-state index is 12.1. The lowest BCUT2D eigenvalue weighted by Gasteiger charge is -2.16. The minimum Gasteiger partial charge on any atom is -0.481 e. The van der Waals surface area contributed by atoms with E-state index in [1.807, 2.05) is 30.3 Å². The summed E-state index contributed by atoms with van der Waals surface area (Å²) < 4.78 is 4.94. The zero-order chi connectivity index (χ0) is 14.4. The van der Waals surface area contributed by atoms with Crippen molar-refractivity contribution in [3.8, 4) is 5.88 Å². The number of aromatic nitrogens is 1. The number of hydrogen-bond acceptors (Lipinski definition) is 4. The molecule has 0 aliphatic rings. The highest BCUT2D eigenvalue weighted by Gasteiger charge is 2.14. The quantitative estimate of drug-likeness (QED) is 0.866. The van der Waals surface area contributed by atoms with Gasteiger partial charge >= 0.3 is 0 Å². The lowest BCUT2D eigenvalue weighted by atomic mass is 10.1. The van der Waals surface area contributed by atoms with Crippen LogP contribution in [-0.4, -0.2) is 29.7 Å². The van der Waals surface area contributed by atoms with Crippen molar-refractivity contribution in [2.45, 2.75) is 6.04 Å². The normalized spacial score (nSPS) is 11.7. The minimum absolute atomic E-state index is 0.167. The van der Waals surface area contributed by atoms with Gasteiger partial charge in [-0.25, -0.2) is 4.98 Å². The number of hydrogen-bond donors (Lipinski definition) is 2. The van der Waals surface area contributed by atoms with E-state index in [4.69, 9.17) is 4.74 Å². The van der Waals surface area contributed by atoms with E-state index in [-0.39, 0.29) is 12.5 Å². The van der Waals surface area contributed by atoms with E-state index >= 15 is 0 Å². The number of aliphatic hydroxyl groups excluding tert-OH is 1. The zero-order valence-electron chi connectivity index (χ0n) is 11.1. The van der Waals surface area contributed by atoms with Gasteiger partial charge in [0, 0.05) is 12.3 Å². The van der Waals surface area contributed by atoms with E-state index in [2.05, 4.69) is 10.3 Å². The highest BCUT2D eigenvalue weighted by Crippen LogP contribution is 2.13. The van der Waals surface area contributed by atoms with Crippen molar-refractivity contribution in [3.63, 3.8) is 0 Å². The predicted molar refractivity (Wildman–Crippen MR) is 74.5 cm³/mol. The molecule has 0 bridgehead atoms. The average molecular weight is 272 g/mol. The molecular formula is C15H16N2O3. The summed E-state index contributed by atoms with van der Waals surface area (Å²) in [5.74, 6) is 0.159. The first-order valence-electron chi connectivity index (χ1n) is 6.21. The fourth-order valence-electron chi connectivity index (χ4n) is 1.80. The second-order valence-electron chi connectivity index (χ2n) is 4.21. The van der Waals surface area contributed by atoms with Gasteiger partial charge in [0.25, 0.3) is 5.91 Å². The molecule has 0 spiro atoms. The highest BCUT2D eigenvalue weighted by atomic mass is 16.5. The minimum atomic E-state index is -0.439. The molecule has 0 saturated heterocycles. The number of nitrogens with zero attached hydrogens (tertiary/aromatic N) is 1. The average Bonchev–Trinajstić information content (AvgIpc) is 2.53. The molecule has 0 radical (unpaired) electrons. The number of ether oxygens (including phenoxy) is 1. The molecule has 1 amide bonds. The first-order chi connectivity index (χ1) is 9.74. The smallest absolute Gasteiger partial charge is 0.253 e. The number of benzene rings is 1. The van der Waals surface area contributed by atoms with Gasteiger partial charge in [0.2, 0.25) is 5.88 Å². The molecule has 0 aliphatic heterocycles. The standard InChI is InChI=1S/C15H16N2O3/c1-20-14-8-7-12(9-16-14)15(19)17-13(10-18)11-5-3-2-4-6-11/h2-9,13,18H,10H2,1H3,(H,17,19)/t13-/m0/s1. The van der Waals surface area contributed by atoms with Crippen LogP contribution in [0, 0.1) is 0 Å². The summed E-state index contributed by atoms with van der Waals surface area (Å²) >= 11 is 0. The first-order valence-corrected chi connectivity index (χ1v) is 6.21. The Morgan fingerprint density at radius 3 is 2.60 bits per heavy atom.